The van der Waals surface area contributed by atoms with Crippen molar-refractivity contribution in [3.63, 3.8) is 0 Å². The van der Waals surface area contributed by atoms with Crippen molar-refractivity contribution in [1.82, 2.24) is 5.32 Å². The zero-order chi connectivity index (χ0) is 12.7. The van der Waals surface area contributed by atoms with Crippen LogP contribution in [0.5, 0.6) is 5.75 Å². The molecule has 1 aromatic rings. The maximum absolute atomic E-state index is 5.85. The van der Waals surface area contributed by atoms with Gasteiger partial charge in [-0.2, -0.15) is 0 Å². The summed E-state index contributed by atoms with van der Waals surface area (Å²) >= 11 is 6.92. The van der Waals surface area contributed by atoms with E-state index in [0.29, 0.717) is 0 Å². The van der Waals surface area contributed by atoms with Gasteiger partial charge in [-0.3, -0.25) is 0 Å². The number of ether oxygens (including phenoxy) is 1. The van der Waals surface area contributed by atoms with Gasteiger partial charge in [0.1, 0.15) is 11.9 Å². The number of halogens is 2. The highest BCUT2D eigenvalue weighted by Gasteiger charge is 2.06. The van der Waals surface area contributed by atoms with Crippen molar-refractivity contribution in [3.05, 3.63) is 27.1 Å². The topological polar surface area (TPSA) is 21.3 Å². The van der Waals surface area contributed by atoms with Gasteiger partial charge in [-0.15, -0.1) is 0 Å². The zero-order valence-electron chi connectivity index (χ0n) is 10.3. The van der Waals surface area contributed by atoms with Crippen LogP contribution in [0.1, 0.15) is 26.7 Å². The first kappa shape index (κ1) is 15.0. The smallest absolute Gasteiger partial charge is 0.134 e. The molecule has 0 heterocycles. The fourth-order valence-corrected chi connectivity index (χ4v) is 2.58. The zero-order valence-corrected chi connectivity index (χ0v) is 13.5. The SMILES string of the molecule is CCCCNCC(C)Oc1ccc(Br)cc1Br. The molecule has 0 spiro atoms. The molecule has 0 amide bonds. The number of rotatable bonds is 7. The molecule has 1 rings (SSSR count). The van der Waals surface area contributed by atoms with E-state index >= 15 is 0 Å². The Morgan fingerprint density at radius 1 is 1.35 bits per heavy atom. The fourth-order valence-electron chi connectivity index (χ4n) is 1.44. The second-order valence-corrected chi connectivity index (χ2v) is 5.83. The van der Waals surface area contributed by atoms with Crippen molar-refractivity contribution in [3.8, 4) is 5.75 Å². The second kappa shape index (κ2) is 8.11. The Hall–Kier alpha value is -0.0600. The van der Waals surface area contributed by atoms with E-state index in [2.05, 4.69) is 51.0 Å². The van der Waals surface area contributed by atoms with Gasteiger partial charge in [-0.1, -0.05) is 29.3 Å². The highest BCUT2D eigenvalue weighted by Crippen LogP contribution is 2.28. The summed E-state index contributed by atoms with van der Waals surface area (Å²) in [5, 5.41) is 3.39. The molecule has 2 nitrogen and oxygen atoms in total. The van der Waals surface area contributed by atoms with Crippen LogP contribution in [0.4, 0.5) is 0 Å². The molecule has 0 bridgehead atoms. The van der Waals surface area contributed by atoms with Crippen LogP contribution in [0.15, 0.2) is 27.1 Å². The number of hydrogen-bond donors (Lipinski definition) is 1. The highest BCUT2D eigenvalue weighted by atomic mass is 79.9. The van der Waals surface area contributed by atoms with Crippen molar-refractivity contribution in [2.45, 2.75) is 32.8 Å². The lowest BCUT2D eigenvalue weighted by molar-refractivity contribution is 0.216. The van der Waals surface area contributed by atoms with E-state index in [9.17, 15) is 0 Å². The van der Waals surface area contributed by atoms with Gasteiger partial charge >= 0.3 is 0 Å². The van der Waals surface area contributed by atoms with E-state index < -0.39 is 0 Å². The summed E-state index contributed by atoms with van der Waals surface area (Å²) in [6, 6.07) is 5.95. The molecule has 96 valence electrons. The Labute approximate surface area is 120 Å². The summed E-state index contributed by atoms with van der Waals surface area (Å²) in [4.78, 5) is 0. The van der Waals surface area contributed by atoms with Crippen LogP contribution >= 0.6 is 31.9 Å². The van der Waals surface area contributed by atoms with Gasteiger partial charge in [-0.25, -0.2) is 0 Å². The molecule has 1 aromatic carbocycles. The predicted molar refractivity (Wildman–Crippen MR) is 79.7 cm³/mol. The molecule has 0 saturated heterocycles. The Bertz CT molecular complexity index is 344. The van der Waals surface area contributed by atoms with Gasteiger partial charge in [0.15, 0.2) is 0 Å². The van der Waals surface area contributed by atoms with E-state index in [1.54, 1.807) is 0 Å². The molecule has 0 saturated carbocycles. The molecular weight excluding hydrogens is 346 g/mol. The van der Waals surface area contributed by atoms with Crippen molar-refractivity contribution in [1.29, 1.82) is 0 Å². The standard InChI is InChI=1S/C13H19Br2NO/c1-3-4-7-16-9-10(2)17-13-6-5-11(14)8-12(13)15/h5-6,8,10,16H,3-4,7,9H2,1-2H3. The third-order valence-corrected chi connectivity index (χ3v) is 3.47. The van der Waals surface area contributed by atoms with E-state index in [1.165, 1.54) is 12.8 Å². The number of nitrogens with one attached hydrogen (secondary N) is 1. The molecule has 1 N–H and O–H groups in total. The monoisotopic (exact) mass is 363 g/mol. The lowest BCUT2D eigenvalue weighted by Crippen LogP contribution is -2.29. The average molecular weight is 365 g/mol. The third-order valence-electron chi connectivity index (χ3n) is 2.36. The Morgan fingerprint density at radius 3 is 2.76 bits per heavy atom. The van der Waals surface area contributed by atoms with Crippen molar-refractivity contribution in [2.75, 3.05) is 13.1 Å². The van der Waals surface area contributed by atoms with Gasteiger partial charge in [0, 0.05) is 11.0 Å². The van der Waals surface area contributed by atoms with E-state index in [-0.39, 0.29) is 6.10 Å². The van der Waals surface area contributed by atoms with Crippen LogP contribution in [-0.4, -0.2) is 19.2 Å². The number of unbranched alkanes of at least 4 members (excludes halogenated alkanes) is 1. The molecule has 0 aliphatic carbocycles. The Kier molecular flexibility index (Phi) is 7.16. The largest absolute Gasteiger partial charge is 0.488 e. The number of benzene rings is 1. The highest BCUT2D eigenvalue weighted by molar-refractivity contribution is 9.11. The maximum Gasteiger partial charge on any atom is 0.134 e. The first-order valence-corrected chi connectivity index (χ1v) is 7.54. The predicted octanol–water partition coefficient (Wildman–Crippen LogP) is 4.37. The van der Waals surface area contributed by atoms with Gasteiger partial charge in [0.25, 0.3) is 0 Å². The minimum absolute atomic E-state index is 0.171. The molecular formula is C13H19Br2NO. The second-order valence-electron chi connectivity index (χ2n) is 4.06. The molecule has 0 aliphatic rings. The summed E-state index contributed by atoms with van der Waals surface area (Å²) < 4.78 is 7.88. The normalized spacial score (nSPS) is 12.5. The molecule has 0 aromatic heterocycles. The van der Waals surface area contributed by atoms with E-state index in [4.69, 9.17) is 4.74 Å². The quantitative estimate of drug-likeness (QED) is 0.725. The third kappa shape index (κ3) is 5.89. The molecule has 0 fully saturated rings. The van der Waals surface area contributed by atoms with Crippen molar-refractivity contribution >= 4 is 31.9 Å². The van der Waals surface area contributed by atoms with E-state index in [0.717, 1.165) is 27.8 Å². The average Bonchev–Trinajstić information content (AvgIpc) is 2.28. The van der Waals surface area contributed by atoms with Crippen LogP contribution < -0.4 is 10.1 Å². The van der Waals surface area contributed by atoms with Crippen LogP contribution in [0, 0.1) is 0 Å². The van der Waals surface area contributed by atoms with Gasteiger partial charge in [0.2, 0.25) is 0 Å². The van der Waals surface area contributed by atoms with Crippen molar-refractivity contribution in [2.24, 2.45) is 0 Å². The molecule has 0 radical (unpaired) electrons. The first-order chi connectivity index (χ1) is 8.13. The first-order valence-electron chi connectivity index (χ1n) is 5.96. The molecule has 1 atom stereocenters. The number of hydrogen-bond acceptors (Lipinski definition) is 2. The summed E-state index contributed by atoms with van der Waals surface area (Å²) in [6.07, 6.45) is 2.61. The van der Waals surface area contributed by atoms with E-state index in [1.807, 2.05) is 18.2 Å². The Balaban J connectivity index is 2.37. The minimum atomic E-state index is 0.171. The van der Waals surface area contributed by atoms with Gasteiger partial charge in [0.05, 0.1) is 4.47 Å². The molecule has 17 heavy (non-hydrogen) atoms. The maximum atomic E-state index is 5.85. The van der Waals surface area contributed by atoms with Crippen LogP contribution in [-0.2, 0) is 0 Å². The fraction of sp³-hybridized carbons (Fsp3) is 0.538. The molecule has 4 heteroatoms. The summed E-state index contributed by atoms with van der Waals surface area (Å²) in [6.45, 7) is 6.21. The lowest BCUT2D eigenvalue weighted by atomic mass is 10.3. The summed E-state index contributed by atoms with van der Waals surface area (Å²) in [7, 11) is 0. The van der Waals surface area contributed by atoms with Crippen molar-refractivity contribution < 1.29 is 4.74 Å². The summed E-state index contributed by atoms with van der Waals surface area (Å²) in [5.74, 6) is 0.887. The van der Waals surface area contributed by atoms with Gasteiger partial charge in [-0.05, 0) is 54.0 Å². The Morgan fingerprint density at radius 2 is 2.12 bits per heavy atom. The minimum Gasteiger partial charge on any atom is -0.488 e. The molecule has 1 unspecified atom stereocenters. The van der Waals surface area contributed by atoms with Crippen LogP contribution in [0.3, 0.4) is 0 Å². The molecule has 0 aliphatic heterocycles. The summed E-state index contributed by atoms with van der Waals surface area (Å²) in [5.41, 5.74) is 0. The van der Waals surface area contributed by atoms with Crippen LogP contribution in [0.2, 0.25) is 0 Å². The lowest BCUT2D eigenvalue weighted by Gasteiger charge is -2.16. The van der Waals surface area contributed by atoms with Gasteiger partial charge < -0.3 is 10.1 Å². The van der Waals surface area contributed by atoms with Crippen LogP contribution in [0.25, 0.3) is 0 Å².